The van der Waals surface area contributed by atoms with Crippen molar-refractivity contribution >= 4 is 11.6 Å². The van der Waals surface area contributed by atoms with Crippen molar-refractivity contribution in [1.29, 1.82) is 0 Å². The van der Waals surface area contributed by atoms with Crippen LogP contribution in [0.15, 0.2) is 36.7 Å². The molecular weight excluding hydrogens is 244 g/mol. The van der Waals surface area contributed by atoms with Gasteiger partial charge in [-0.2, -0.15) is 0 Å². The SMILES string of the molecule is NC(=O)CCOc1ccc(NCc2ncc[nH]2)cc1. The van der Waals surface area contributed by atoms with Crippen molar-refractivity contribution in [2.75, 3.05) is 11.9 Å². The summed E-state index contributed by atoms with van der Waals surface area (Å²) in [6.45, 7) is 0.934. The van der Waals surface area contributed by atoms with Gasteiger partial charge in [0.1, 0.15) is 11.6 Å². The highest BCUT2D eigenvalue weighted by Gasteiger charge is 1.99. The lowest BCUT2D eigenvalue weighted by Gasteiger charge is -2.07. The molecule has 1 aromatic heterocycles. The molecule has 2 aromatic rings. The molecule has 0 atom stereocenters. The summed E-state index contributed by atoms with van der Waals surface area (Å²) in [4.78, 5) is 17.7. The monoisotopic (exact) mass is 260 g/mol. The van der Waals surface area contributed by atoms with Crippen molar-refractivity contribution in [3.05, 3.63) is 42.5 Å². The van der Waals surface area contributed by atoms with E-state index in [-0.39, 0.29) is 12.3 Å². The summed E-state index contributed by atoms with van der Waals surface area (Å²) in [5, 5.41) is 3.23. The van der Waals surface area contributed by atoms with E-state index in [9.17, 15) is 4.79 Å². The molecule has 0 fully saturated rings. The number of carbonyl (C=O) groups is 1. The van der Waals surface area contributed by atoms with Gasteiger partial charge in [-0.25, -0.2) is 4.98 Å². The normalized spacial score (nSPS) is 10.1. The van der Waals surface area contributed by atoms with Crippen molar-refractivity contribution in [2.24, 2.45) is 5.73 Å². The summed E-state index contributed by atoms with van der Waals surface area (Å²) < 4.78 is 5.38. The van der Waals surface area contributed by atoms with Crippen LogP contribution in [0.1, 0.15) is 12.2 Å². The van der Waals surface area contributed by atoms with Gasteiger partial charge in [-0.3, -0.25) is 4.79 Å². The first-order chi connectivity index (χ1) is 9.24. The molecule has 2 rings (SSSR count). The molecule has 1 aromatic carbocycles. The van der Waals surface area contributed by atoms with Crippen molar-refractivity contribution in [2.45, 2.75) is 13.0 Å². The summed E-state index contributed by atoms with van der Waals surface area (Å²) >= 11 is 0. The summed E-state index contributed by atoms with van der Waals surface area (Å²) in [5.41, 5.74) is 6.00. The minimum Gasteiger partial charge on any atom is -0.493 e. The van der Waals surface area contributed by atoms with Crippen LogP contribution in [0.3, 0.4) is 0 Å². The Kier molecular flexibility index (Phi) is 4.39. The molecule has 1 amide bonds. The number of anilines is 1. The van der Waals surface area contributed by atoms with Gasteiger partial charge < -0.3 is 20.8 Å². The number of rotatable bonds is 7. The second-order valence-corrected chi connectivity index (χ2v) is 3.98. The van der Waals surface area contributed by atoms with Crippen LogP contribution in [0.5, 0.6) is 5.75 Å². The average Bonchev–Trinajstić information content (AvgIpc) is 2.90. The van der Waals surface area contributed by atoms with Gasteiger partial charge in [0.05, 0.1) is 19.6 Å². The van der Waals surface area contributed by atoms with Crippen LogP contribution < -0.4 is 15.8 Å². The van der Waals surface area contributed by atoms with Crippen molar-refractivity contribution in [3.63, 3.8) is 0 Å². The Bertz CT molecular complexity index is 508. The molecule has 19 heavy (non-hydrogen) atoms. The number of aromatic amines is 1. The summed E-state index contributed by atoms with van der Waals surface area (Å²) in [6, 6.07) is 7.49. The van der Waals surface area contributed by atoms with Gasteiger partial charge >= 0.3 is 0 Å². The lowest BCUT2D eigenvalue weighted by molar-refractivity contribution is -0.118. The van der Waals surface area contributed by atoms with E-state index >= 15 is 0 Å². The third kappa shape index (κ3) is 4.34. The zero-order valence-corrected chi connectivity index (χ0v) is 10.4. The van der Waals surface area contributed by atoms with E-state index in [1.807, 2.05) is 24.3 Å². The van der Waals surface area contributed by atoms with Crippen LogP contribution in [0.2, 0.25) is 0 Å². The number of hydrogen-bond acceptors (Lipinski definition) is 4. The first kappa shape index (κ1) is 12.9. The maximum atomic E-state index is 10.6. The zero-order valence-electron chi connectivity index (χ0n) is 10.4. The van der Waals surface area contributed by atoms with E-state index in [4.69, 9.17) is 10.5 Å². The number of ether oxygens (including phenoxy) is 1. The molecule has 0 saturated heterocycles. The molecule has 4 N–H and O–H groups in total. The molecule has 6 nitrogen and oxygen atoms in total. The fraction of sp³-hybridized carbons (Fsp3) is 0.231. The smallest absolute Gasteiger partial charge is 0.220 e. The topological polar surface area (TPSA) is 93.0 Å². The number of nitrogens with zero attached hydrogens (tertiary/aromatic N) is 1. The van der Waals surface area contributed by atoms with E-state index in [0.29, 0.717) is 18.9 Å². The molecular formula is C13H16N4O2. The first-order valence-corrected chi connectivity index (χ1v) is 5.97. The fourth-order valence-electron chi connectivity index (χ4n) is 1.52. The predicted octanol–water partition coefficient (Wildman–Crippen LogP) is 1.28. The van der Waals surface area contributed by atoms with Gasteiger partial charge in [0.25, 0.3) is 0 Å². The largest absolute Gasteiger partial charge is 0.493 e. The molecule has 0 aliphatic heterocycles. The van der Waals surface area contributed by atoms with Crippen molar-refractivity contribution in [3.8, 4) is 5.75 Å². The van der Waals surface area contributed by atoms with Crippen molar-refractivity contribution in [1.82, 2.24) is 9.97 Å². The molecule has 0 radical (unpaired) electrons. The quantitative estimate of drug-likeness (QED) is 0.699. The van der Waals surface area contributed by atoms with Crippen LogP contribution in [-0.2, 0) is 11.3 Å². The van der Waals surface area contributed by atoms with E-state index in [0.717, 1.165) is 11.5 Å². The molecule has 0 unspecified atom stereocenters. The minimum absolute atomic E-state index is 0.221. The number of benzene rings is 1. The van der Waals surface area contributed by atoms with Gasteiger partial charge in [0.2, 0.25) is 5.91 Å². The Morgan fingerprint density at radius 3 is 2.79 bits per heavy atom. The maximum Gasteiger partial charge on any atom is 0.220 e. The number of nitrogens with one attached hydrogen (secondary N) is 2. The second kappa shape index (κ2) is 6.44. The van der Waals surface area contributed by atoms with Crippen molar-refractivity contribution < 1.29 is 9.53 Å². The number of aromatic nitrogens is 2. The number of nitrogens with two attached hydrogens (primary N) is 1. The number of H-pyrrole nitrogens is 1. The fourth-order valence-corrected chi connectivity index (χ4v) is 1.52. The third-order valence-corrected chi connectivity index (χ3v) is 2.49. The zero-order chi connectivity index (χ0) is 13.5. The standard InChI is InChI=1S/C13H16N4O2/c14-12(18)5-8-19-11-3-1-10(2-4-11)17-9-13-15-6-7-16-13/h1-4,6-7,17H,5,8-9H2,(H2,14,18)(H,15,16). The number of hydrogen-bond donors (Lipinski definition) is 3. The van der Waals surface area contributed by atoms with Crippen LogP contribution in [0.4, 0.5) is 5.69 Å². The molecule has 0 aliphatic carbocycles. The molecule has 1 heterocycles. The van der Waals surface area contributed by atoms with E-state index in [2.05, 4.69) is 15.3 Å². The highest BCUT2D eigenvalue weighted by molar-refractivity contribution is 5.73. The average molecular weight is 260 g/mol. The number of imidazole rings is 1. The van der Waals surface area contributed by atoms with Gasteiger partial charge in [0.15, 0.2) is 0 Å². The Balaban J connectivity index is 1.79. The molecule has 0 aliphatic rings. The van der Waals surface area contributed by atoms with Gasteiger partial charge in [-0.1, -0.05) is 0 Å². The van der Waals surface area contributed by atoms with Crippen LogP contribution in [0, 0.1) is 0 Å². The van der Waals surface area contributed by atoms with E-state index in [1.165, 1.54) is 0 Å². The molecule has 100 valence electrons. The Hall–Kier alpha value is -2.50. The lowest BCUT2D eigenvalue weighted by atomic mass is 10.3. The van der Waals surface area contributed by atoms with Gasteiger partial charge in [-0.15, -0.1) is 0 Å². The maximum absolute atomic E-state index is 10.6. The Morgan fingerprint density at radius 2 is 2.16 bits per heavy atom. The van der Waals surface area contributed by atoms with Gasteiger partial charge in [-0.05, 0) is 24.3 Å². The van der Waals surface area contributed by atoms with Gasteiger partial charge in [0, 0.05) is 18.1 Å². The number of carbonyl (C=O) groups excluding carboxylic acids is 1. The Labute approximate surface area is 111 Å². The molecule has 6 heteroatoms. The number of amides is 1. The first-order valence-electron chi connectivity index (χ1n) is 5.97. The molecule has 0 bridgehead atoms. The predicted molar refractivity (Wildman–Crippen MR) is 71.7 cm³/mol. The summed E-state index contributed by atoms with van der Waals surface area (Å²) in [5.74, 6) is 1.23. The number of primary amides is 1. The summed E-state index contributed by atoms with van der Waals surface area (Å²) in [6.07, 6.45) is 3.72. The van der Waals surface area contributed by atoms with Crippen LogP contribution >= 0.6 is 0 Å². The highest BCUT2D eigenvalue weighted by atomic mass is 16.5. The van der Waals surface area contributed by atoms with Crippen LogP contribution in [-0.4, -0.2) is 22.5 Å². The highest BCUT2D eigenvalue weighted by Crippen LogP contribution is 2.16. The second-order valence-electron chi connectivity index (χ2n) is 3.98. The Morgan fingerprint density at radius 1 is 1.37 bits per heavy atom. The third-order valence-electron chi connectivity index (χ3n) is 2.49. The van der Waals surface area contributed by atoms with E-state index in [1.54, 1.807) is 12.4 Å². The molecule has 0 spiro atoms. The van der Waals surface area contributed by atoms with Crippen LogP contribution in [0.25, 0.3) is 0 Å². The molecule has 0 saturated carbocycles. The lowest BCUT2D eigenvalue weighted by Crippen LogP contribution is -2.14. The summed E-state index contributed by atoms with van der Waals surface area (Å²) in [7, 11) is 0. The van der Waals surface area contributed by atoms with E-state index < -0.39 is 0 Å². The minimum atomic E-state index is -0.364.